The smallest absolute Gasteiger partial charge is 0.498 e. The zero-order valence-electron chi connectivity index (χ0n) is 8.62. The van der Waals surface area contributed by atoms with Crippen LogP contribution in [0.1, 0.15) is 6.42 Å². The van der Waals surface area contributed by atoms with Crippen molar-refractivity contribution < 1.29 is 32.1 Å². The van der Waals surface area contributed by atoms with Gasteiger partial charge in [-0.25, -0.2) is 0 Å². The third-order valence-electron chi connectivity index (χ3n) is 2.64. The van der Waals surface area contributed by atoms with Gasteiger partial charge in [0.2, 0.25) is 0 Å². The van der Waals surface area contributed by atoms with Gasteiger partial charge in [-0.05, 0) is 6.42 Å². The number of halogens is 3. The summed E-state index contributed by atoms with van der Waals surface area (Å²) in [7, 11) is -1.41. The third kappa shape index (κ3) is 2.90. The Balaban J connectivity index is 1.99. The molecule has 0 aromatic carbocycles. The standard InChI is InChI=1S/C8H9BF3NO4/c10-8(11,12)4-1-5(4)9-16-6(14)2-13-3-7(15)17-9/h4-5,13H,1-3H2/t4-,5-/m1/s1. The summed E-state index contributed by atoms with van der Waals surface area (Å²) in [6.07, 6.45) is -4.52. The van der Waals surface area contributed by atoms with Crippen LogP contribution >= 0.6 is 0 Å². The number of hydrogen-bond acceptors (Lipinski definition) is 5. The quantitative estimate of drug-likeness (QED) is 0.670. The molecule has 1 N–H and O–H groups in total. The van der Waals surface area contributed by atoms with Gasteiger partial charge in [-0.15, -0.1) is 0 Å². The first-order valence-corrected chi connectivity index (χ1v) is 5.04. The number of nitrogens with one attached hydrogen (secondary N) is 1. The maximum atomic E-state index is 12.3. The summed E-state index contributed by atoms with van der Waals surface area (Å²) in [4.78, 5) is 22.2. The van der Waals surface area contributed by atoms with Crippen LogP contribution in [-0.4, -0.2) is 38.3 Å². The Hall–Kier alpha value is -1.25. The van der Waals surface area contributed by atoms with Crippen LogP contribution in [-0.2, 0) is 18.9 Å². The summed E-state index contributed by atoms with van der Waals surface area (Å²) in [5, 5.41) is 2.44. The van der Waals surface area contributed by atoms with E-state index in [1.165, 1.54) is 0 Å². The molecule has 1 aliphatic heterocycles. The lowest BCUT2D eigenvalue weighted by atomic mass is 9.80. The normalized spacial score (nSPS) is 30.2. The number of alkyl halides is 3. The summed E-state index contributed by atoms with van der Waals surface area (Å²) in [6, 6.07) is 0. The van der Waals surface area contributed by atoms with Crippen molar-refractivity contribution in [1.29, 1.82) is 0 Å². The fourth-order valence-electron chi connectivity index (χ4n) is 1.70. The number of carbonyl (C=O) groups excluding carboxylic acids is 2. The predicted molar refractivity (Wildman–Crippen MR) is 48.7 cm³/mol. The van der Waals surface area contributed by atoms with Crippen molar-refractivity contribution in [3.8, 4) is 0 Å². The van der Waals surface area contributed by atoms with Crippen LogP contribution in [0, 0.1) is 5.92 Å². The van der Waals surface area contributed by atoms with Crippen LogP contribution in [0.2, 0.25) is 5.82 Å². The van der Waals surface area contributed by atoms with Crippen molar-refractivity contribution in [3.05, 3.63) is 0 Å². The topological polar surface area (TPSA) is 64.6 Å². The second-order valence-electron chi connectivity index (χ2n) is 4.00. The minimum atomic E-state index is -4.34. The molecule has 1 saturated carbocycles. The molecule has 0 amide bonds. The van der Waals surface area contributed by atoms with Gasteiger partial charge in [-0.1, -0.05) is 0 Å². The SMILES string of the molecule is O=C1CNCC(=O)OB([C@@H]2C[C@H]2C(F)(F)F)O1. The Morgan fingerprint density at radius 2 is 1.71 bits per heavy atom. The van der Waals surface area contributed by atoms with E-state index in [1.807, 2.05) is 0 Å². The van der Waals surface area contributed by atoms with E-state index in [2.05, 4.69) is 14.6 Å². The van der Waals surface area contributed by atoms with Crippen molar-refractivity contribution in [3.63, 3.8) is 0 Å². The van der Waals surface area contributed by atoms with Gasteiger partial charge in [0.1, 0.15) is 0 Å². The van der Waals surface area contributed by atoms with E-state index in [4.69, 9.17) is 0 Å². The molecule has 0 spiro atoms. The first kappa shape index (κ1) is 12.2. The molecule has 1 saturated heterocycles. The van der Waals surface area contributed by atoms with E-state index < -0.39 is 37.0 Å². The molecule has 9 heteroatoms. The lowest BCUT2D eigenvalue weighted by molar-refractivity contribution is -0.150. The molecule has 1 heterocycles. The van der Waals surface area contributed by atoms with Gasteiger partial charge in [-0.3, -0.25) is 14.9 Å². The highest BCUT2D eigenvalue weighted by Crippen LogP contribution is 2.56. The van der Waals surface area contributed by atoms with E-state index >= 15 is 0 Å². The predicted octanol–water partition coefficient (Wildman–Crippen LogP) is 0.117. The minimum absolute atomic E-state index is 0.178. The molecular formula is C8H9BF3NO4. The van der Waals surface area contributed by atoms with E-state index in [9.17, 15) is 22.8 Å². The molecule has 2 rings (SSSR count). The minimum Gasteiger partial charge on any atom is -0.498 e. The van der Waals surface area contributed by atoms with Crippen molar-refractivity contribution in [2.24, 2.45) is 5.92 Å². The van der Waals surface area contributed by atoms with Crippen molar-refractivity contribution in [1.82, 2.24) is 5.32 Å². The zero-order chi connectivity index (χ0) is 12.6. The molecule has 0 radical (unpaired) electrons. The summed E-state index contributed by atoms with van der Waals surface area (Å²) >= 11 is 0. The molecule has 94 valence electrons. The van der Waals surface area contributed by atoms with Crippen LogP contribution in [0.25, 0.3) is 0 Å². The van der Waals surface area contributed by atoms with Crippen LogP contribution < -0.4 is 5.32 Å². The summed E-state index contributed by atoms with van der Waals surface area (Å²) in [5.41, 5.74) is 0. The van der Waals surface area contributed by atoms with Crippen LogP contribution in [0.4, 0.5) is 13.2 Å². The third-order valence-corrected chi connectivity index (χ3v) is 2.64. The highest BCUT2D eigenvalue weighted by atomic mass is 19.4. The monoisotopic (exact) mass is 251 g/mol. The Kier molecular flexibility index (Phi) is 3.02. The van der Waals surface area contributed by atoms with Gasteiger partial charge >= 0.3 is 25.2 Å². The molecule has 2 aliphatic rings. The van der Waals surface area contributed by atoms with Crippen LogP contribution in [0.5, 0.6) is 0 Å². The highest BCUT2D eigenvalue weighted by molar-refractivity contribution is 6.52. The molecule has 0 aromatic rings. The largest absolute Gasteiger partial charge is 0.602 e. The molecular weight excluding hydrogens is 242 g/mol. The van der Waals surface area contributed by atoms with Gasteiger partial charge < -0.3 is 9.31 Å². The Morgan fingerprint density at radius 3 is 2.12 bits per heavy atom. The zero-order valence-corrected chi connectivity index (χ0v) is 8.62. The second-order valence-corrected chi connectivity index (χ2v) is 4.00. The highest BCUT2D eigenvalue weighted by Gasteiger charge is 2.64. The van der Waals surface area contributed by atoms with Crippen molar-refractivity contribution in [2.75, 3.05) is 13.1 Å². The number of hydrogen-bond donors (Lipinski definition) is 1. The van der Waals surface area contributed by atoms with E-state index in [0.717, 1.165) is 0 Å². The molecule has 1 aliphatic carbocycles. The summed E-state index contributed by atoms with van der Waals surface area (Å²) in [6.45, 7) is -0.427. The average molecular weight is 251 g/mol. The van der Waals surface area contributed by atoms with Gasteiger partial charge in [0.25, 0.3) is 0 Å². The Labute approximate surface area is 94.8 Å². The average Bonchev–Trinajstić information content (AvgIpc) is 2.92. The van der Waals surface area contributed by atoms with E-state index in [1.54, 1.807) is 0 Å². The lowest BCUT2D eigenvalue weighted by Gasteiger charge is -2.18. The summed E-state index contributed by atoms with van der Waals surface area (Å²) in [5.74, 6) is -3.98. The molecule has 0 aromatic heterocycles. The molecule has 5 nitrogen and oxygen atoms in total. The van der Waals surface area contributed by atoms with Gasteiger partial charge in [0, 0.05) is 5.82 Å². The molecule has 17 heavy (non-hydrogen) atoms. The molecule has 2 fully saturated rings. The van der Waals surface area contributed by atoms with Gasteiger partial charge in [0.05, 0.1) is 19.0 Å². The maximum absolute atomic E-state index is 12.3. The fourth-order valence-corrected chi connectivity index (χ4v) is 1.70. The van der Waals surface area contributed by atoms with Crippen LogP contribution in [0.15, 0.2) is 0 Å². The van der Waals surface area contributed by atoms with E-state index in [-0.39, 0.29) is 19.5 Å². The van der Waals surface area contributed by atoms with Crippen molar-refractivity contribution in [2.45, 2.75) is 18.4 Å². The van der Waals surface area contributed by atoms with Gasteiger partial charge in [-0.2, -0.15) is 13.2 Å². The first-order chi connectivity index (χ1) is 7.88. The van der Waals surface area contributed by atoms with E-state index in [0.29, 0.717) is 0 Å². The Bertz CT molecular complexity index is 330. The molecule has 0 bridgehead atoms. The fraction of sp³-hybridized carbons (Fsp3) is 0.750. The van der Waals surface area contributed by atoms with Crippen molar-refractivity contribution >= 4 is 19.1 Å². The molecule has 2 atom stereocenters. The lowest BCUT2D eigenvalue weighted by Crippen LogP contribution is -2.42. The first-order valence-electron chi connectivity index (χ1n) is 5.04. The maximum Gasteiger partial charge on any atom is 0.602 e. The van der Waals surface area contributed by atoms with Crippen LogP contribution in [0.3, 0.4) is 0 Å². The Morgan fingerprint density at radius 1 is 1.18 bits per heavy atom. The number of carbonyl (C=O) groups is 2. The van der Waals surface area contributed by atoms with Gasteiger partial charge in [0.15, 0.2) is 0 Å². The number of rotatable bonds is 1. The summed E-state index contributed by atoms with van der Waals surface area (Å²) < 4.78 is 46.3. The molecule has 0 unspecified atom stereocenters. The second kappa shape index (κ2) is 4.21.